The van der Waals surface area contributed by atoms with Crippen LogP contribution in [0, 0.1) is 0 Å². The number of benzene rings is 1. The minimum Gasteiger partial charge on any atom is -0.484 e. The molecule has 2 heterocycles. The number of carbonyl (C=O) groups is 2. The monoisotopic (exact) mass is 377 g/mol. The van der Waals surface area contributed by atoms with Gasteiger partial charge in [-0.25, -0.2) is 4.98 Å². The Morgan fingerprint density at radius 3 is 2.92 bits per heavy atom. The van der Waals surface area contributed by atoms with E-state index in [-0.39, 0.29) is 18.4 Å². The SMILES string of the molecule is O=C(NCCc1cscn1)C1CSCN1C(=O)COc1ccccc1. The molecule has 1 aliphatic rings. The smallest absolute Gasteiger partial charge is 0.261 e. The third-order valence-corrected chi connectivity index (χ3v) is 5.42. The van der Waals surface area contributed by atoms with E-state index < -0.39 is 6.04 Å². The van der Waals surface area contributed by atoms with Crippen molar-refractivity contribution in [1.82, 2.24) is 15.2 Å². The predicted molar refractivity (Wildman–Crippen MR) is 98.7 cm³/mol. The fraction of sp³-hybridized carbons (Fsp3) is 0.353. The van der Waals surface area contributed by atoms with Crippen molar-refractivity contribution in [3.05, 3.63) is 46.9 Å². The molecule has 6 nitrogen and oxygen atoms in total. The first-order valence-corrected chi connectivity index (χ1v) is 10.0. The largest absolute Gasteiger partial charge is 0.484 e. The lowest BCUT2D eigenvalue weighted by molar-refractivity contribution is -0.139. The molecule has 1 saturated heterocycles. The molecule has 0 bridgehead atoms. The summed E-state index contributed by atoms with van der Waals surface area (Å²) in [6.45, 7) is 0.458. The molecule has 0 radical (unpaired) electrons. The summed E-state index contributed by atoms with van der Waals surface area (Å²) in [4.78, 5) is 30.6. The van der Waals surface area contributed by atoms with Gasteiger partial charge in [0.05, 0.1) is 17.1 Å². The number of thiazole rings is 1. The number of carbonyl (C=O) groups excluding carboxylic acids is 2. The van der Waals surface area contributed by atoms with Crippen LogP contribution in [0.1, 0.15) is 5.69 Å². The van der Waals surface area contributed by atoms with Gasteiger partial charge in [0.1, 0.15) is 11.8 Å². The topological polar surface area (TPSA) is 71.5 Å². The third-order valence-electron chi connectivity index (χ3n) is 3.77. The molecule has 25 heavy (non-hydrogen) atoms. The van der Waals surface area contributed by atoms with Gasteiger partial charge in [-0.05, 0) is 12.1 Å². The van der Waals surface area contributed by atoms with Crippen LogP contribution in [0.25, 0.3) is 0 Å². The summed E-state index contributed by atoms with van der Waals surface area (Å²) in [5.74, 6) is 1.48. The van der Waals surface area contributed by atoms with Gasteiger partial charge in [-0.2, -0.15) is 0 Å². The molecule has 1 aromatic heterocycles. The van der Waals surface area contributed by atoms with E-state index >= 15 is 0 Å². The van der Waals surface area contributed by atoms with Crippen LogP contribution in [0.4, 0.5) is 0 Å². The van der Waals surface area contributed by atoms with Gasteiger partial charge in [0, 0.05) is 24.1 Å². The molecule has 0 spiro atoms. The Hall–Kier alpha value is -2.06. The maximum absolute atomic E-state index is 12.4. The number of nitrogens with zero attached hydrogens (tertiary/aromatic N) is 2. The van der Waals surface area contributed by atoms with Crippen LogP contribution in [-0.4, -0.2) is 52.5 Å². The maximum atomic E-state index is 12.4. The summed E-state index contributed by atoms with van der Waals surface area (Å²) in [5.41, 5.74) is 2.74. The molecule has 3 rings (SSSR count). The zero-order valence-corrected chi connectivity index (χ0v) is 15.2. The summed E-state index contributed by atoms with van der Waals surface area (Å²) >= 11 is 3.12. The number of para-hydroxylation sites is 1. The van der Waals surface area contributed by atoms with E-state index in [0.29, 0.717) is 30.3 Å². The van der Waals surface area contributed by atoms with Crippen LogP contribution in [0.3, 0.4) is 0 Å². The lowest BCUT2D eigenvalue weighted by atomic mass is 10.2. The van der Waals surface area contributed by atoms with Crippen molar-refractivity contribution in [2.45, 2.75) is 12.5 Å². The molecule has 1 unspecified atom stereocenters. The lowest BCUT2D eigenvalue weighted by Crippen LogP contribution is -2.48. The molecule has 0 saturated carbocycles. The fourth-order valence-corrected chi connectivity index (χ4v) is 4.22. The van der Waals surface area contributed by atoms with E-state index in [0.717, 1.165) is 5.69 Å². The third kappa shape index (κ3) is 4.96. The highest BCUT2D eigenvalue weighted by molar-refractivity contribution is 7.99. The van der Waals surface area contributed by atoms with Crippen LogP contribution in [0.15, 0.2) is 41.2 Å². The average Bonchev–Trinajstić information content (AvgIpc) is 3.32. The van der Waals surface area contributed by atoms with Crippen molar-refractivity contribution < 1.29 is 14.3 Å². The number of amides is 2. The van der Waals surface area contributed by atoms with Crippen molar-refractivity contribution in [1.29, 1.82) is 0 Å². The Kier molecular flexibility index (Phi) is 6.30. The van der Waals surface area contributed by atoms with Crippen LogP contribution in [0.5, 0.6) is 5.75 Å². The Morgan fingerprint density at radius 1 is 1.32 bits per heavy atom. The van der Waals surface area contributed by atoms with Gasteiger partial charge in [-0.3, -0.25) is 9.59 Å². The molecule has 2 amide bonds. The predicted octanol–water partition coefficient (Wildman–Crippen LogP) is 1.78. The molecule has 8 heteroatoms. The molecule has 1 N–H and O–H groups in total. The lowest BCUT2D eigenvalue weighted by Gasteiger charge is -2.23. The summed E-state index contributed by atoms with van der Waals surface area (Å²) < 4.78 is 5.50. The van der Waals surface area contributed by atoms with Gasteiger partial charge in [-0.1, -0.05) is 18.2 Å². The van der Waals surface area contributed by atoms with E-state index in [9.17, 15) is 9.59 Å². The summed E-state index contributed by atoms with van der Waals surface area (Å²) in [6, 6.07) is 8.75. The Bertz CT molecular complexity index is 694. The number of rotatable bonds is 7. The number of thioether (sulfide) groups is 1. The van der Waals surface area contributed by atoms with E-state index in [4.69, 9.17) is 4.74 Å². The second-order valence-electron chi connectivity index (χ2n) is 5.50. The first kappa shape index (κ1) is 17.8. The molecular weight excluding hydrogens is 358 g/mol. The Morgan fingerprint density at radius 2 is 2.16 bits per heavy atom. The fourth-order valence-electron chi connectivity index (χ4n) is 2.44. The molecule has 0 aliphatic carbocycles. The number of nitrogens with one attached hydrogen (secondary N) is 1. The van der Waals surface area contributed by atoms with Gasteiger partial charge in [0.15, 0.2) is 6.61 Å². The normalized spacial score (nSPS) is 16.6. The van der Waals surface area contributed by atoms with Gasteiger partial charge in [0.25, 0.3) is 5.91 Å². The van der Waals surface area contributed by atoms with Crippen molar-refractivity contribution >= 4 is 34.9 Å². The quantitative estimate of drug-likeness (QED) is 0.796. The number of hydrogen-bond acceptors (Lipinski definition) is 6. The first-order valence-electron chi connectivity index (χ1n) is 7.94. The second kappa shape index (κ2) is 8.87. The maximum Gasteiger partial charge on any atom is 0.261 e. The van der Waals surface area contributed by atoms with E-state index in [1.807, 2.05) is 23.6 Å². The minimum absolute atomic E-state index is 0.0623. The highest BCUT2D eigenvalue weighted by Gasteiger charge is 2.34. The van der Waals surface area contributed by atoms with Crippen molar-refractivity contribution in [2.75, 3.05) is 24.8 Å². The summed E-state index contributed by atoms with van der Waals surface area (Å²) in [5, 5.41) is 4.87. The average molecular weight is 377 g/mol. The zero-order chi connectivity index (χ0) is 17.5. The Labute approximate surface area is 154 Å². The first-order chi connectivity index (χ1) is 12.2. The zero-order valence-electron chi connectivity index (χ0n) is 13.6. The number of hydrogen-bond donors (Lipinski definition) is 1. The van der Waals surface area contributed by atoms with Crippen molar-refractivity contribution in [3.63, 3.8) is 0 Å². The summed E-state index contributed by atoms with van der Waals surface area (Å²) in [7, 11) is 0. The van der Waals surface area contributed by atoms with Gasteiger partial charge in [0.2, 0.25) is 5.91 Å². The minimum atomic E-state index is -0.438. The van der Waals surface area contributed by atoms with Gasteiger partial charge in [-0.15, -0.1) is 23.1 Å². The van der Waals surface area contributed by atoms with Gasteiger partial charge >= 0.3 is 0 Å². The summed E-state index contributed by atoms with van der Waals surface area (Å²) in [6.07, 6.45) is 0.695. The van der Waals surface area contributed by atoms with E-state index in [1.165, 1.54) is 11.3 Å². The molecular formula is C17H19N3O3S2. The molecule has 1 aromatic carbocycles. The highest BCUT2D eigenvalue weighted by Crippen LogP contribution is 2.21. The molecule has 1 fully saturated rings. The van der Waals surface area contributed by atoms with Crippen LogP contribution >= 0.6 is 23.1 Å². The highest BCUT2D eigenvalue weighted by atomic mass is 32.2. The molecule has 132 valence electrons. The number of aromatic nitrogens is 1. The molecule has 1 atom stereocenters. The van der Waals surface area contributed by atoms with Crippen LogP contribution in [-0.2, 0) is 16.0 Å². The van der Waals surface area contributed by atoms with Crippen molar-refractivity contribution in [2.24, 2.45) is 0 Å². The molecule has 2 aromatic rings. The molecule has 1 aliphatic heterocycles. The van der Waals surface area contributed by atoms with E-state index in [2.05, 4.69) is 10.3 Å². The van der Waals surface area contributed by atoms with Gasteiger partial charge < -0.3 is 15.0 Å². The number of ether oxygens (including phenoxy) is 1. The second-order valence-corrected chi connectivity index (χ2v) is 7.22. The van der Waals surface area contributed by atoms with Crippen molar-refractivity contribution in [3.8, 4) is 5.75 Å². The Balaban J connectivity index is 1.47. The van der Waals surface area contributed by atoms with Crippen LogP contribution < -0.4 is 10.1 Å². The van der Waals surface area contributed by atoms with Crippen LogP contribution in [0.2, 0.25) is 0 Å². The van der Waals surface area contributed by atoms with E-state index in [1.54, 1.807) is 34.3 Å². The standard InChI is InChI=1S/C17H19N3O3S2/c21-16(8-23-14-4-2-1-3-5-14)20-12-25-10-15(20)17(22)18-7-6-13-9-24-11-19-13/h1-5,9,11,15H,6-8,10,12H2,(H,18,22).